The third-order valence-corrected chi connectivity index (χ3v) is 4.49. The minimum absolute atomic E-state index is 0. The molecule has 2 aromatic rings. The first-order valence-corrected chi connectivity index (χ1v) is 8.39. The van der Waals surface area contributed by atoms with Crippen molar-refractivity contribution in [2.75, 3.05) is 18.4 Å². The Bertz CT molecular complexity index is 707. The second-order valence-electron chi connectivity index (χ2n) is 6.65. The number of ether oxygens (including phenoxy) is 1. The molecule has 3 rings (SSSR count). The zero-order chi connectivity index (χ0) is 17.1. The van der Waals surface area contributed by atoms with E-state index in [0.717, 1.165) is 30.3 Å². The van der Waals surface area contributed by atoms with Crippen molar-refractivity contribution in [1.82, 2.24) is 5.32 Å². The third-order valence-electron chi connectivity index (χ3n) is 4.49. The molecule has 0 aromatic heterocycles. The minimum atomic E-state index is 0. The van der Waals surface area contributed by atoms with Gasteiger partial charge in [-0.05, 0) is 80.4 Å². The number of aryl methyl sites for hydroxylation is 2. The van der Waals surface area contributed by atoms with Gasteiger partial charge in [-0.15, -0.1) is 12.4 Å². The predicted molar refractivity (Wildman–Crippen MR) is 104 cm³/mol. The number of hydrogen-bond acceptors (Lipinski definition) is 3. The highest BCUT2D eigenvalue weighted by molar-refractivity contribution is 5.92. The van der Waals surface area contributed by atoms with Crippen molar-refractivity contribution in [2.24, 2.45) is 11.8 Å². The summed E-state index contributed by atoms with van der Waals surface area (Å²) in [5.74, 6) is 2.13. The molecule has 0 radical (unpaired) electrons. The quantitative estimate of drug-likeness (QED) is 0.835. The average Bonchev–Trinajstić information content (AvgIpc) is 2.46. The minimum Gasteiger partial charge on any atom is -0.457 e. The molecule has 1 saturated heterocycles. The van der Waals surface area contributed by atoms with Gasteiger partial charge in [0.1, 0.15) is 11.5 Å². The van der Waals surface area contributed by atoms with Gasteiger partial charge in [0.2, 0.25) is 5.91 Å². The van der Waals surface area contributed by atoms with E-state index in [1.165, 1.54) is 11.1 Å². The van der Waals surface area contributed by atoms with Crippen LogP contribution in [0.4, 0.5) is 5.69 Å². The highest BCUT2D eigenvalue weighted by Gasteiger charge is 2.28. The lowest BCUT2D eigenvalue weighted by molar-refractivity contribution is -0.121. The van der Waals surface area contributed by atoms with Crippen molar-refractivity contribution in [1.29, 1.82) is 0 Å². The molecule has 0 spiro atoms. The first-order chi connectivity index (χ1) is 11.5. The van der Waals surface area contributed by atoms with E-state index < -0.39 is 0 Å². The topological polar surface area (TPSA) is 50.4 Å². The van der Waals surface area contributed by atoms with Crippen molar-refractivity contribution in [2.45, 2.75) is 20.8 Å². The fraction of sp³-hybridized carbons (Fsp3) is 0.350. The molecule has 1 heterocycles. The zero-order valence-electron chi connectivity index (χ0n) is 14.8. The van der Waals surface area contributed by atoms with E-state index in [9.17, 15) is 4.79 Å². The Kier molecular flexibility index (Phi) is 6.45. The maximum Gasteiger partial charge on any atom is 0.227 e. The average molecular weight is 361 g/mol. The molecule has 5 heteroatoms. The molecule has 0 aliphatic carbocycles. The monoisotopic (exact) mass is 360 g/mol. The predicted octanol–water partition coefficient (Wildman–Crippen LogP) is 4.31. The summed E-state index contributed by atoms with van der Waals surface area (Å²) in [6, 6.07) is 13.6. The second kappa shape index (κ2) is 8.37. The van der Waals surface area contributed by atoms with Crippen LogP contribution in [0.1, 0.15) is 18.1 Å². The molecule has 25 heavy (non-hydrogen) atoms. The van der Waals surface area contributed by atoms with Crippen LogP contribution in [0.2, 0.25) is 0 Å². The summed E-state index contributed by atoms with van der Waals surface area (Å²) in [7, 11) is 0. The van der Waals surface area contributed by atoms with E-state index in [-0.39, 0.29) is 24.2 Å². The highest BCUT2D eigenvalue weighted by atomic mass is 35.5. The van der Waals surface area contributed by atoms with Gasteiger partial charge >= 0.3 is 0 Å². The molecular weight excluding hydrogens is 336 g/mol. The van der Waals surface area contributed by atoms with Crippen LogP contribution in [0.15, 0.2) is 42.5 Å². The summed E-state index contributed by atoms with van der Waals surface area (Å²) in [4.78, 5) is 12.2. The van der Waals surface area contributed by atoms with Crippen LogP contribution in [0, 0.1) is 25.7 Å². The fourth-order valence-corrected chi connectivity index (χ4v) is 2.87. The molecule has 134 valence electrons. The van der Waals surface area contributed by atoms with Crippen LogP contribution in [0.3, 0.4) is 0 Å². The maximum atomic E-state index is 12.2. The summed E-state index contributed by atoms with van der Waals surface area (Å²) in [5.41, 5.74) is 3.15. The van der Waals surface area contributed by atoms with Crippen molar-refractivity contribution >= 4 is 24.0 Å². The summed E-state index contributed by atoms with van der Waals surface area (Å²) < 4.78 is 5.89. The van der Waals surface area contributed by atoms with Gasteiger partial charge in [-0.25, -0.2) is 0 Å². The SMILES string of the molecule is Cc1cc(C)cc(Oc2ccc(NC(=O)C(C)C3CNC3)cc2)c1.Cl. The molecule has 1 unspecified atom stereocenters. The van der Waals surface area contributed by atoms with Gasteiger partial charge in [0.15, 0.2) is 0 Å². The molecule has 2 aromatic carbocycles. The number of halogens is 1. The smallest absolute Gasteiger partial charge is 0.227 e. The number of rotatable bonds is 5. The van der Waals surface area contributed by atoms with Crippen LogP contribution < -0.4 is 15.4 Å². The second-order valence-corrected chi connectivity index (χ2v) is 6.65. The van der Waals surface area contributed by atoms with Gasteiger partial charge in [-0.3, -0.25) is 4.79 Å². The van der Waals surface area contributed by atoms with Crippen molar-refractivity contribution in [3.05, 3.63) is 53.6 Å². The van der Waals surface area contributed by atoms with Crippen LogP contribution in [-0.4, -0.2) is 19.0 Å². The number of nitrogens with one attached hydrogen (secondary N) is 2. The first-order valence-electron chi connectivity index (χ1n) is 8.39. The van der Waals surface area contributed by atoms with Gasteiger partial charge < -0.3 is 15.4 Å². The number of carbonyl (C=O) groups is 1. The Labute approximate surface area is 155 Å². The summed E-state index contributed by atoms with van der Waals surface area (Å²) in [6.45, 7) is 7.95. The summed E-state index contributed by atoms with van der Waals surface area (Å²) in [6.07, 6.45) is 0. The van der Waals surface area contributed by atoms with E-state index >= 15 is 0 Å². The van der Waals surface area contributed by atoms with Gasteiger partial charge in [-0.1, -0.05) is 13.0 Å². The van der Waals surface area contributed by atoms with Crippen molar-refractivity contribution < 1.29 is 9.53 Å². The van der Waals surface area contributed by atoms with Crippen LogP contribution in [-0.2, 0) is 4.79 Å². The number of hydrogen-bond donors (Lipinski definition) is 2. The van der Waals surface area contributed by atoms with E-state index in [2.05, 4.69) is 30.5 Å². The van der Waals surface area contributed by atoms with E-state index in [1.54, 1.807) is 0 Å². The van der Waals surface area contributed by atoms with Crippen molar-refractivity contribution in [3.63, 3.8) is 0 Å². The number of benzene rings is 2. The van der Waals surface area contributed by atoms with Gasteiger partial charge in [-0.2, -0.15) is 0 Å². The molecule has 4 nitrogen and oxygen atoms in total. The van der Waals surface area contributed by atoms with Gasteiger partial charge in [0.25, 0.3) is 0 Å². The van der Waals surface area contributed by atoms with E-state index in [4.69, 9.17) is 4.74 Å². The van der Waals surface area contributed by atoms with Gasteiger partial charge in [0, 0.05) is 11.6 Å². The third kappa shape index (κ3) is 4.97. The van der Waals surface area contributed by atoms with E-state index in [1.807, 2.05) is 43.3 Å². The lowest BCUT2D eigenvalue weighted by atomic mass is 9.88. The van der Waals surface area contributed by atoms with E-state index in [0.29, 0.717) is 5.92 Å². The Morgan fingerprint density at radius 2 is 1.68 bits per heavy atom. The molecule has 1 aliphatic rings. The molecule has 0 saturated carbocycles. The fourth-order valence-electron chi connectivity index (χ4n) is 2.87. The van der Waals surface area contributed by atoms with Crippen LogP contribution in [0.5, 0.6) is 11.5 Å². The van der Waals surface area contributed by atoms with Crippen LogP contribution >= 0.6 is 12.4 Å². The zero-order valence-corrected chi connectivity index (χ0v) is 15.7. The number of carbonyl (C=O) groups excluding carboxylic acids is 1. The van der Waals surface area contributed by atoms with Gasteiger partial charge in [0.05, 0.1) is 0 Å². The number of amides is 1. The largest absolute Gasteiger partial charge is 0.457 e. The maximum absolute atomic E-state index is 12.2. The molecule has 1 atom stereocenters. The Hall–Kier alpha value is -2.04. The normalized spacial score (nSPS) is 14.8. The first kappa shape index (κ1) is 19.3. The lowest BCUT2D eigenvalue weighted by Gasteiger charge is -2.31. The molecule has 1 amide bonds. The Morgan fingerprint density at radius 3 is 2.20 bits per heavy atom. The highest BCUT2D eigenvalue weighted by Crippen LogP contribution is 2.25. The van der Waals surface area contributed by atoms with Crippen LogP contribution in [0.25, 0.3) is 0 Å². The molecule has 1 aliphatic heterocycles. The number of anilines is 1. The van der Waals surface area contributed by atoms with Crippen molar-refractivity contribution in [3.8, 4) is 11.5 Å². The molecular formula is C20H25ClN2O2. The Morgan fingerprint density at radius 1 is 1.08 bits per heavy atom. The standard InChI is InChI=1S/C20H24N2O2.ClH/c1-13-8-14(2)10-19(9-13)24-18-6-4-17(5-7-18)22-20(23)15(3)16-11-21-12-16;/h4-10,15-16,21H,11-12H2,1-3H3,(H,22,23);1H. The summed E-state index contributed by atoms with van der Waals surface area (Å²) >= 11 is 0. The molecule has 0 bridgehead atoms. The Balaban J connectivity index is 0.00000225. The molecule has 1 fully saturated rings. The summed E-state index contributed by atoms with van der Waals surface area (Å²) in [5, 5.41) is 6.18. The molecule has 2 N–H and O–H groups in total. The lowest BCUT2D eigenvalue weighted by Crippen LogP contribution is -2.48.